The maximum Gasteiger partial charge on any atom is 0.410 e. The summed E-state index contributed by atoms with van der Waals surface area (Å²) in [5.74, 6) is -0.159. The van der Waals surface area contributed by atoms with E-state index in [2.05, 4.69) is 20.6 Å². The van der Waals surface area contributed by atoms with E-state index in [4.69, 9.17) is 4.74 Å². The zero-order chi connectivity index (χ0) is 25.6. The fourth-order valence-electron chi connectivity index (χ4n) is 5.00. The van der Waals surface area contributed by atoms with E-state index in [1.54, 1.807) is 18.0 Å². The summed E-state index contributed by atoms with van der Waals surface area (Å²) in [5.41, 5.74) is 2.78. The predicted molar refractivity (Wildman–Crippen MR) is 135 cm³/mol. The highest BCUT2D eigenvalue weighted by Gasteiger charge is 2.58. The van der Waals surface area contributed by atoms with Crippen LogP contribution >= 0.6 is 0 Å². The first-order chi connectivity index (χ1) is 17.1. The Bertz CT molecular complexity index is 1330. The molecule has 2 aliphatic rings. The lowest BCUT2D eigenvalue weighted by Gasteiger charge is -2.26. The van der Waals surface area contributed by atoms with Gasteiger partial charge in [-0.15, -0.1) is 0 Å². The summed E-state index contributed by atoms with van der Waals surface area (Å²) >= 11 is 0. The molecule has 36 heavy (non-hydrogen) atoms. The lowest BCUT2D eigenvalue weighted by Crippen LogP contribution is -2.40. The molecule has 1 aliphatic heterocycles. The second-order valence-corrected chi connectivity index (χ2v) is 10.6. The molecule has 3 aromatic rings. The molecule has 1 saturated heterocycles. The van der Waals surface area contributed by atoms with Crippen LogP contribution in [0.1, 0.15) is 52.9 Å². The van der Waals surface area contributed by atoms with Crippen LogP contribution in [0.15, 0.2) is 42.6 Å². The Kier molecular flexibility index (Phi) is 5.94. The molecule has 0 spiro atoms. The maximum absolute atomic E-state index is 13.2. The SMILES string of the molecule is CNC(=O)c1cc(C(=O)N[C@H]2[C@@H]3CN(C(=O)OC(C)(C)C)C[C@@H]32)cc(Cc2cccc3[nH]ccc23)n1. The molecular formula is C27H31N5O4. The van der Waals surface area contributed by atoms with Gasteiger partial charge in [0.05, 0.1) is 0 Å². The number of carbonyl (C=O) groups is 3. The topological polar surface area (TPSA) is 116 Å². The van der Waals surface area contributed by atoms with Crippen LogP contribution in [0, 0.1) is 11.8 Å². The third-order valence-electron chi connectivity index (χ3n) is 6.80. The maximum atomic E-state index is 13.2. The zero-order valence-corrected chi connectivity index (χ0v) is 20.9. The van der Waals surface area contributed by atoms with E-state index < -0.39 is 5.60 Å². The lowest BCUT2D eigenvalue weighted by molar-refractivity contribution is 0.0269. The van der Waals surface area contributed by atoms with Crippen molar-refractivity contribution in [2.75, 3.05) is 20.1 Å². The number of carbonyl (C=O) groups excluding carboxylic acids is 3. The summed E-state index contributed by atoms with van der Waals surface area (Å²) in [4.78, 5) is 47.3. The largest absolute Gasteiger partial charge is 0.444 e. The molecule has 1 aromatic carbocycles. The zero-order valence-electron chi connectivity index (χ0n) is 20.9. The Morgan fingerprint density at radius 2 is 1.86 bits per heavy atom. The van der Waals surface area contributed by atoms with Gasteiger partial charge in [-0.2, -0.15) is 0 Å². The number of hydrogen-bond acceptors (Lipinski definition) is 5. The first-order valence-electron chi connectivity index (χ1n) is 12.2. The fraction of sp³-hybridized carbons (Fsp3) is 0.407. The minimum atomic E-state index is -0.536. The van der Waals surface area contributed by atoms with Crippen molar-refractivity contribution in [2.24, 2.45) is 11.8 Å². The van der Waals surface area contributed by atoms with E-state index in [9.17, 15) is 14.4 Å². The number of nitrogens with zero attached hydrogens (tertiary/aromatic N) is 2. The molecule has 0 radical (unpaired) electrons. The average Bonchev–Trinajstić information content (AvgIpc) is 3.21. The molecule has 3 amide bonds. The van der Waals surface area contributed by atoms with Crippen molar-refractivity contribution in [3.63, 3.8) is 0 Å². The number of aromatic amines is 1. The van der Waals surface area contributed by atoms with E-state index in [-0.39, 0.29) is 41.5 Å². The van der Waals surface area contributed by atoms with Gasteiger partial charge in [0, 0.05) is 72.8 Å². The molecule has 3 atom stereocenters. The summed E-state index contributed by atoms with van der Waals surface area (Å²) in [7, 11) is 1.54. The molecule has 1 saturated carbocycles. The van der Waals surface area contributed by atoms with Crippen LogP contribution in [-0.4, -0.2) is 64.6 Å². The summed E-state index contributed by atoms with van der Waals surface area (Å²) in [6, 6.07) is 11.3. The summed E-state index contributed by atoms with van der Waals surface area (Å²) in [6.45, 7) is 6.67. The van der Waals surface area contributed by atoms with Crippen molar-refractivity contribution in [2.45, 2.75) is 38.8 Å². The Hall–Kier alpha value is -3.88. The molecule has 0 bridgehead atoms. The molecule has 3 N–H and O–H groups in total. The number of fused-ring (bicyclic) bond motifs is 2. The Morgan fingerprint density at radius 3 is 2.56 bits per heavy atom. The minimum Gasteiger partial charge on any atom is -0.444 e. The van der Waals surface area contributed by atoms with E-state index in [1.165, 1.54) is 6.07 Å². The first kappa shape index (κ1) is 23.8. The number of benzene rings is 1. The highest BCUT2D eigenvalue weighted by atomic mass is 16.6. The molecule has 0 unspecified atom stereocenters. The Balaban J connectivity index is 1.29. The monoisotopic (exact) mass is 489 g/mol. The molecule has 188 valence electrons. The molecule has 9 heteroatoms. The summed E-state index contributed by atoms with van der Waals surface area (Å²) < 4.78 is 5.46. The van der Waals surface area contributed by atoms with Crippen molar-refractivity contribution >= 4 is 28.8 Å². The third kappa shape index (κ3) is 4.78. The normalized spacial score (nSPS) is 20.7. The van der Waals surface area contributed by atoms with Crippen LogP contribution in [0.2, 0.25) is 0 Å². The van der Waals surface area contributed by atoms with Gasteiger partial charge in [0.1, 0.15) is 11.3 Å². The third-order valence-corrected chi connectivity index (χ3v) is 6.80. The fourth-order valence-corrected chi connectivity index (χ4v) is 5.00. The van der Waals surface area contributed by atoms with Gasteiger partial charge in [-0.25, -0.2) is 9.78 Å². The molecule has 2 fully saturated rings. The molecule has 9 nitrogen and oxygen atoms in total. The van der Waals surface area contributed by atoms with Gasteiger partial charge in [-0.3, -0.25) is 9.59 Å². The van der Waals surface area contributed by atoms with E-state index in [0.29, 0.717) is 30.8 Å². The second kappa shape index (κ2) is 8.96. The Morgan fingerprint density at radius 1 is 1.11 bits per heavy atom. The van der Waals surface area contributed by atoms with Crippen LogP contribution in [0.4, 0.5) is 4.79 Å². The number of ether oxygens (including phenoxy) is 1. The number of likely N-dealkylation sites (tertiary alicyclic amines) is 1. The number of amides is 3. The number of hydrogen-bond donors (Lipinski definition) is 3. The van der Waals surface area contributed by atoms with Crippen LogP contribution in [0.25, 0.3) is 10.9 Å². The molecule has 2 aromatic heterocycles. The van der Waals surface area contributed by atoms with Gasteiger partial charge in [0.25, 0.3) is 11.8 Å². The van der Waals surface area contributed by atoms with Crippen molar-refractivity contribution in [1.82, 2.24) is 25.5 Å². The van der Waals surface area contributed by atoms with Crippen molar-refractivity contribution in [1.29, 1.82) is 0 Å². The van der Waals surface area contributed by atoms with Crippen molar-refractivity contribution < 1.29 is 19.1 Å². The van der Waals surface area contributed by atoms with E-state index in [0.717, 1.165) is 16.5 Å². The van der Waals surface area contributed by atoms with Crippen LogP contribution in [-0.2, 0) is 11.2 Å². The van der Waals surface area contributed by atoms with Gasteiger partial charge in [0.2, 0.25) is 0 Å². The van der Waals surface area contributed by atoms with Crippen LogP contribution in [0.3, 0.4) is 0 Å². The number of piperidine rings is 1. The van der Waals surface area contributed by atoms with Gasteiger partial charge >= 0.3 is 6.09 Å². The number of nitrogens with one attached hydrogen (secondary N) is 3. The number of pyridine rings is 1. The molecule has 5 rings (SSSR count). The number of rotatable bonds is 5. The van der Waals surface area contributed by atoms with Crippen molar-refractivity contribution in [3.05, 3.63) is 65.1 Å². The standard InChI is InChI=1S/C27H31N5O4/c1-27(2,3)36-26(35)32-13-19-20(14-32)23(19)31-24(33)16-11-17(30-22(12-16)25(34)28-4)10-15-6-5-7-21-18(15)8-9-29-21/h5-9,11-12,19-20,23,29H,10,13-14H2,1-4H3,(H,28,34)(H,31,33)/t19-,20+,23+. The number of aromatic nitrogens is 2. The number of H-pyrrole nitrogens is 1. The van der Waals surface area contributed by atoms with Crippen LogP contribution < -0.4 is 10.6 Å². The lowest BCUT2D eigenvalue weighted by atomic mass is 10.0. The van der Waals surface area contributed by atoms with Gasteiger partial charge < -0.3 is 25.3 Å². The van der Waals surface area contributed by atoms with Crippen LogP contribution in [0.5, 0.6) is 0 Å². The second-order valence-electron chi connectivity index (χ2n) is 10.6. The van der Waals surface area contributed by atoms with E-state index in [1.807, 2.05) is 51.2 Å². The van der Waals surface area contributed by atoms with E-state index >= 15 is 0 Å². The Labute approximate surface area is 209 Å². The molecular weight excluding hydrogens is 458 g/mol. The first-order valence-corrected chi connectivity index (χ1v) is 12.2. The van der Waals surface area contributed by atoms with Gasteiger partial charge in [-0.1, -0.05) is 12.1 Å². The molecule has 1 aliphatic carbocycles. The highest BCUT2D eigenvalue weighted by Crippen LogP contribution is 2.46. The predicted octanol–water partition coefficient (Wildman–Crippen LogP) is 3.11. The minimum absolute atomic E-state index is 0.00450. The summed E-state index contributed by atoms with van der Waals surface area (Å²) in [5, 5.41) is 6.77. The quantitative estimate of drug-likeness (QED) is 0.509. The van der Waals surface area contributed by atoms with Gasteiger partial charge in [0.15, 0.2) is 0 Å². The van der Waals surface area contributed by atoms with Crippen molar-refractivity contribution in [3.8, 4) is 0 Å². The highest BCUT2D eigenvalue weighted by molar-refractivity contribution is 5.99. The van der Waals surface area contributed by atoms with Gasteiger partial charge in [-0.05, 0) is 50.6 Å². The smallest absolute Gasteiger partial charge is 0.410 e. The molecule has 3 heterocycles. The average molecular weight is 490 g/mol. The summed E-state index contributed by atoms with van der Waals surface area (Å²) in [6.07, 6.45) is 2.06.